The number of nitrogens with one attached hydrogen (secondary N) is 1. The number of aromatic nitrogens is 1. The zero-order valence-electron chi connectivity index (χ0n) is 17.2. The van der Waals surface area contributed by atoms with Gasteiger partial charge in [-0.2, -0.15) is 10.4 Å². The molecular formula is C26H22N4O. The Kier molecular flexibility index (Phi) is 5.91. The maximum absolute atomic E-state index is 12.2. The summed E-state index contributed by atoms with van der Waals surface area (Å²) in [5.41, 5.74) is 8.30. The van der Waals surface area contributed by atoms with Crippen molar-refractivity contribution < 1.29 is 4.79 Å². The van der Waals surface area contributed by atoms with E-state index in [1.54, 1.807) is 6.21 Å². The number of para-hydroxylation sites is 1. The molecule has 0 aliphatic rings. The van der Waals surface area contributed by atoms with Crippen molar-refractivity contribution in [3.8, 4) is 6.07 Å². The summed E-state index contributed by atoms with van der Waals surface area (Å²) in [4.78, 5) is 12.2. The molecule has 0 aliphatic heterocycles. The van der Waals surface area contributed by atoms with Crippen molar-refractivity contribution in [3.63, 3.8) is 0 Å². The summed E-state index contributed by atoms with van der Waals surface area (Å²) in [5, 5.41) is 14.6. The molecular weight excluding hydrogens is 384 g/mol. The minimum Gasteiger partial charge on any atom is -0.342 e. The van der Waals surface area contributed by atoms with Gasteiger partial charge in [-0.25, -0.2) is 5.43 Å². The van der Waals surface area contributed by atoms with Gasteiger partial charge in [0.15, 0.2) is 0 Å². The van der Waals surface area contributed by atoms with Gasteiger partial charge in [0.05, 0.1) is 24.3 Å². The van der Waals surface area contributed by atoms with E-state index in [2.05, 4.69) is 21.2 Å². The lowest BCUT2D eigenvalue weighted by atomic mass is 10.1. The zero-order chi connectivity index (χ0) is 21.6. The van der Waals surface area contributed by atoms with Crippen molar-refractivity contribution in [1.82, 2.24) is 9.99 Å². The zero-order valence-corrected chi connectivity index (χ0v) is 17.2. The molecule has 1 aromatic heterocycles. The highest BCUT2D eigenvalue weighted by Crippen LogP contribution is 2.22. The molecule has 0 saturated heterocycles. The Morgan fingerprint density at radius 3 is 2.61 bits per heavy atom. The SMILES string of the molecule is Cc1ccc(CC(=O)N/N=C\c2cn(Cc3ccccc3C#N)c3ccccc23)cc1. The maximum Gasteiger partial charge on any atom is 0.244 e. The van der Waals surface area contributed by atoms with Gasteiger partial charge in [-0.15, -0.1) is 0 Å². The van der Waals surface area contributed by atoms with Crippen LogP contribution in [-0.4, -0.2) is 16.7 Å². The molecule has 1 N–H and O–H groups in total. The average Bonchev–Trinajstić information content (AvgIpc) is 3.13. The fourth-order valence-corrected chi connectivity index (χ4v) is 3.56. The van der Waals surface area contributed by atoms with Crippen LogP contribution < -0.4 is 5.43 Å². The third kappa shape index (κ3) is 4.71. The second-order valence-corrected chi connectivity index (χ2v) is 7.45. The molecule has 0 unspecified atom stereocenters. The first-order valence-electron chi connectivity index (χ1n) is 10.1. The highest BCUT2D eigenvalue weighted by Gasteiger charge is 2.09. The monoisotopic (exact) mass is 406 g/mol. The topological polar surface area (TPSA) is 70.2 Å². The first-order valence-corrected chi connectivity index (χ1v) is 10.1. The number of nitriles is 1. The van der Waals surface area contributed by atoms with E-state index in [0.717, 1.165) is 33.2 Å². The lowest BCUT2D eigenvalue weighted by Gasteiger charge is -2.07. The van der Waals surface area contributed by atoms with Crippen LogP contribution in [0.3, 0.4) is 0 Å². The van der Waals surface area contributed by atoms with Gasteiger partial charge in [-0.1, -0.05) is 66.2 Å². The highest BCUT2D eigenvalue weighted by molar-refractivity contribution is 5.99. The third-order valence-electron chi connectivity index (χ3n) is 5.18. The number of hydrazone groups is 1. The fraction of sp³-hybridized carbons (Fsp3) is 0.115. The van der Waals surface area contributed by atoms with E-state index in [-0.39, 0.29) is 12.3 Å². The normalized spacial score (nSPS) is 11.0. The molecule has 0 aliphatic carbocycles. The first kappa shape index (κ1) is 20.1. The van der Waals surface area contributed by atoms with Crippen LogP contribution in [-0.2, 0) is 17.8 Å². The number of hydrogen-bond donors (Lipinski definition) is 1. The average molecular weight is 406 g/mol. The van der Waals surface area contributed by atoms with Gasteiger partial charge in [0.2, 0.25) is 5.91 Å². The fourth-order valence-electron chi connectivity index (χ4n) is 3.56. The van der Waals surface area contributed by atoms with E-state index >= 15 is 0 Å². The number of hydrogen-bond acceptors (Lipinski definition) is 3. The van der Waals surface area contributed by atoms with Gasteiger partial charge in [-0.05, 0) is 30.2 Å². The molecule has 3 aromatic carbocycles. The molecule has 0 saturated carbocycles. The number of amides is 1. The number of aryl methyl sites for hydroxylation is 1. The Labute approximate surface area is 181 Å². The molecule has 1 amide bonds. The lowest BCUT2D eigenvalue weighted by molar-refractivity contribution is -0.120. The van der Waals surface area contributed by atoms with Gasteiger partial charge in [0.1, 0.15) is 0 Å². The Balaban J connectivity index is 1.52. The van der Waals surface area contributed by atoms with Crippen LogP contribution in [0.4, 0.5) is 0 Å². The van der Waals surface area contributed by atoms with Crippen molar-refractivity contribution in [1.29, 1.82) is 5.26 Å². The highest BCUT2D eigenvalue weighted by atomic mass is 16.2. The van der Waals surface area contributed by atoms with E-state index in [0.29, 0.717) is 12.1 Å². The summed E-state index contributed by atoms with van der Waals surface area (Å²) in [5.74, 6) is -0.160. The second-order valence-electron chi connectivity index (χ2n) is 7.45. The van der Waals surface area contributed by atoms with Gasteiger partial charge in [-0.3, -0.25) is 4.79 Å². The van der Waals surface area contributed by atoms with E-state index in [4.69, 9.17) is 0 Å². The van der Waals surface area contributed by atoms with Crippen molar-refractivity contribution in [2.24, 2.45) is 5.10 Å². The Morgan fingerprint density at radius 1 is 1.06 bits per heavy atom. The Bertz CT molecular complexity index is 1290. The number of nitrogens with zero attached hydrogens (tertiary/aromatic N) is 3. The molecule has 0 fully saturated rings. The van der Waals surface area contributed by atoms with Crippen molar-refractivity contribution in [2.45, 2.75) is 19.9 Å². The van der Waals surface area contributed by atoms with Crippen LogP contribution in [0.2, 0.25) is 0 Å². The molecule has 4 aromatic rings. The smallest absolute Gasteiger partial charge is 0.244 e. The number of fused-ring (bicyclic) bond motifs is 1. The van der Waals surface area contributed by atoms with Gasteiger partial charge < -0.3 is 4.57 Å². The van der Waals surface area contributed by atoms with E-state index in [1.165, 1.54) is 0 Å². The van der Waals surface area contributed by atoms with Crippen LogP contribution in [0.25, 0.3) is 10.9 Å². The summed E-state index contributed by atoms with van der Waals surface area (Å²) >= 11 is 0. The second kappa shape index (κ2) is 9.10. The number of benzene rings is 3. The standard InChI is InChI=1S/C26H22N4O/c1-19-10-12-20(13-11-19)14-26(31)29-28-16-23-18-30(25-9-5-4-8-24(23)25)17-22-7-3-2-6-21(22)15-27/h2-13,16,18H,14,17H2,1H3,(H,29,31)/b28-16-. The molecule has 5 nitrogen and oxygen atoms in total. The molecule has 1 heterocycles. The van der Waals surface area contributed by atoms with Crippen LogP contribution in [0.15, 0.2) is 84.1 Å². The van der Waals surface area contributed by atoms with Crippen molar-refractivity contribution >= 4 is 23.0 Å². The lowest BCUT2D eigenvalue weighted by Crippen LogP contribution is -2.19. The molecule has 0 spiro atoms. The minimum atomic E-state index is -0.160. The molecule has 4 rings (SSSR count). The van der Waals surface area contributed by atoms with Crippen molar-refractivity contribution in [2.75, 3.05) is 0 Å². The summed E-state index contributed by atoms with van der Waals surface area (Å²) in [7, 11) is 0. The first-order chi connectivity index (χ1) is 15.1. The molecule has 0 radical (unpaired) electrons. The van der Waals surface area contributed by atoms with Crippen molar-refractivity contribution in [3.05, 3.63) is 107 Å². The summed E-state index contributed by atoms with van der Waals surface area (Å²) < 4.78 is 2.10. The quantitative estimate of drug-likeness (QED) is 0.377. The maximum atomic E-state index is 12.2. The van der Waals surface area contributed by atoms with Gasteiger partial charge in [0, 0.05) is 29.2 Å². The van der Waals surface area contributed by atoms with Crippen LogP contribution in [0, 0.1) is 18.3 Å². The largest absolute Gasteiger partial charge is 0.342 e. The number of carbonyl (C=O) groups is 1. The molecule has 0 atom stereocenters. The Hall–Kier alpha value is -4.17. The minimum absolute atomic E-state index is 0.160. The number of carbonyl (C=O) groups excluding carboxylic acids is 1. The molecule has 31 heavy (non-hydrogen) atoms. The van der Waals surface area contributed by atoms with Gasteiger partial charge in [0.25, 0.3) is 0 Å². The van der Waals surface area contributed by atoms with Gasteiger partial charge >= 0.3 is 0 Å². The third-order valence-corrected chi connectivity index (χ3v) is 5.18. The molecule has 5 heteroatoms. The summed E-state index contributed by atoms with van der Waals surface area (Å²) in [6.07, 6.45) is 3.95. The van der Waals surface area contributed by atoms with Crippen LogP contribution in [0.5, 0.6) is 0 Å². The van der Waals surface area contributed by atoms with Crippen LogP contribution >= 0.6 is 0 Å². The molecule has 152 valence electrons. The van der Waals surface area contributed by atoms with E-state index in [1.807, 2.05) is 85.9 Å². The summed E-state index contributed by atoms with van der Waals surface area (Å²) in [6.45, 7) is 2.60. The number of rotatable bonds is 6. The summed E-state index contributed by atoms with van der Waals surface area (Å²) in [6, 6.07) is 25.8. The predicted octanol–water partition coefficient (Wildman–Crippen LogP) is 4.56. The van der Waals surface area contributed by atoms with E-state index in [9.17, 15) is 10.1 Å². The molecule has 0 bridgehead atoms. The Morgan fingerprint density at radius 2 is 1.81 bits per heavy atom. The van der Waals surface area contributed by atoms with E-state index < -0.39 is 0 Å². The predicted molar refractivity (Wildman–Crippen MR) is 123 cm³/mol. The van der Waals surface area contributed by atoms with Crippen LogP contribution in [0.1, 0.15) is 27.8 Å².